The number of methoxy groups -OCH3 is 2. The number of hydrogen-bond donors (Lipinski definition) is 1. The van der Waals surface area contributed by atoms with E-state index in [2.05, 4.69) is 37.4 Å². The molecule has 1 atom stereocenters. The third-order valence-corrected chi connectivity index (χ3v) is 3.33. The largest absolute Gasteiger partial charge is 0.496 e. The molecule has 0 radical (unpaired) electrons. The van der Waals surface area contributed by atoms with E-state index in [0.717, 1.165) is 22.7 Å². The monoisotopic (exact) mass is 271 g/mol. The number of benzene rings is 2. The van der Waals surface area contributed by atoms with E-state index >= 15 is 0 Å². The van der Waals surface area contributed by atoms with E-state index in [1.54, 1.807) is 14.2 Å². The van der Waals surface area contributed by atoms with Crippen LogP contribution >= 0.6 is 0 Å². The van der Waals surface area contributed by atoms with E-state index < -0.39 is 0 Å². The van der Waals surface area contributed by atoms with Crippen molar-refractivity contribution in [3.63, 3.8) is 0 Å². The maximum atomic E-state index is 5.47. The fourth-order valence-corrected chi connectivity index (χ4v) is 2.25. The Morgan fingerprint density at radius 3 is 2.35 bits per heavy atom. The highest BCUT2D eigenvalue weighted by atomic mass is 16.5. The van der Waals surface area contributed by atoms with Crippen molar-refractivity contribution < 1.29 is 9.47 Å². The second-order valence-corrected chi connectivity index (χ2v) is 4.81. The Morgan fingerprint density at radius 1 is 0.950 bits per heavy atom. The lowest BCUT2D eigenvalue weighted by atomic mass is 10.0. The van der Waals surface area contributed by atoms with Crippen LogP contribution in [0.25, 0.3) is 0 Å². The van der Waals surface area contributed by atoms with Crippen molar-refractivity contribution in [1.82, 2.24) is 0 Å². The van der Waals surface area contributed by atoms with Crippen molar-refractivity contribution in [2.45, 2.75) is 19.9 Å². The summed E-state index contributed by atoms with van der Waals surface area (Å²) in [5, 5.41) is 3.47. The van der Waals surface area contributed by atoms with Crippen LogP contribution in [0, 0.1) is 6.92 Å². The zero-order valence-electron chi connectivity index (χ0n) is 12.4. The van der Waals surface area contributed by atoms with E-state index in [-0.39, 0.29) is 6.04 Å². The first-order valence-corrected chi connectivity index (χ1v) is 6.69. The quantitative estimate of drug-likeness (QED) is 0.884. The molecule has 0 aromatic heterocycles. The van der Waals surface area contributed by atoms with Crippen LogP contribution in [0.3, 0.4) is 0 Å². The van der Waals surface area contributed by atoms with Gasteiger partial charge in [-0.1, -0.05) is 24.3 Å². The molecule has 0 bridgehead atoms. The summed E-state index contributed by atoms with van der Waals surface area (Å²) in [5.74, 6) is 1.74. The maximum absolute atomic E-state index is 5.47. The molecule has 0 heterocycles. The van der Waals surface area contributed by atoms with E-state index in [0.29, 0.717) is 0 Å². The zero-order chi connectivity index (χ0) is 14.5. The summed E-state index contributed by atoms with van der Waals surface area (Å²) in [6, 6.07) is 14.3. The first-order chi connectivity index (χ1) is 9.65. The molecule has 2 aromatic carbocycles. The molecule has 0 aliphatic rings. The predicted molar refractivity (Wildman–Crippen MR) is 82.8 cm³/mol. The highest BCUT2D eigenvalue weighted by Crippen LogP contribution is 2.31. The van der Waals surface area contributed by atoms with Crippen molar-refractivity contribution in [1.29, 1.82) is 0 Å². The SMILES string of the molecule is COc1ccccc1NC(C)c1ccc(C)cc1OC. The molecule has 0 aliphatic carbocycles. The smallest absolute Gasteiger partial charge is 0.141 e. The molecule has 0 saturated carbocycles. The van der Waals surface area contributed by atoms with Crippen molar-refractivity contribution >= 4 is 5.69 Å². The summed E-state index contributed by atoms with van der Waals surface area (Å²) in [5.41, 5.74) is 3.30. The van der Waals surface area contributed by atoms with Crippen LogP contribution in [0.1, 0.15) is 24.1 Å². The number of ether oxygens (including phenoxy) is 2. The minimum atomic E-state index is 0.127. The third-order valence-electron chi connectivity index (χ3n) is 3.33. The predicted octanol–water partition coefficient (Wildman–Crippen LogP) is 4.19. The second kappa shape index (κ2) is 6.33. The Morgan fingerprint density at radius 2 is 1.65 bits per heavy atom. The number of anilines is 1. The fourth-order valence-electron chi connectivity index (χ4n) is 2.25. The van der Waals surface area contributed by atoms with Crippen LogP contribution in [-0.4, -0.2) is 14.2 Å². The molecule has 20 heavy (non-hydrogen) atoms. The first kappa shape index (κ1) is 14.3. The third kappa shape index (κ3) is 3.05. The van der Waals surface area contributed by atoms with Crippen LogP contribution in [0.4, 0.5) is 5.69 Å². The minimum Gasteiger partial charge on any atom is -0.496 e. The van der Waals surface area contributed by atoms with Gasteiger partial charge in [-0.2, -0.15) is 0 Å². The molecule has 0 spiro atoms. The molecular formula is C17H21NO2. The minimum absolute atomic E-state index is 0.127. The van der Waals surface area contributed by atoms with Crippen molar-refractivity contribution in [2.24, 2.45) is 0 Å². The molecule has 106 valence electrons. The average molecular weight is 271 g/mol. The Bertz CT molecular complexity index is 581. The molecule has 1 unspecified atom stereocenters. The van der Waals surface area contributed by atoms with Crippen LogP contribution in [0.2, 0.25) is 0 Å². The lowest BCUT2D eigenvalue weighted by Gasteiger charge is -2.20. The Balaban J connectivity index is 2.26. The standard InChI is InChI=1S/C17H21NO2/c1-12-9-10-14(17(11-12)20-4)13(2)18-15-7-5-6-8-16(15)19-3/h5-11,13,18H,1-4H3. The number of aryl methyl sites for hydroxylation is 1. The topological polar surface area (TPSA) is 30.5 Å². The molecule has 1 N–H and O–H groups in total. The Labute approximate surface area is 120 Å². The average Bonchev–Trinajstić information content (AvgIpc) is 2.47. The lowest BCUT2D eigenvalue weighted by molar-refractivity contribution is 0.406. The van der Waals surface area contributed by atoms with Gasteiger partial charge in [-0.15, -0.1) is 0 Å². The molecule has 2 aromatic rings. The summed E-state index contributed by atoms with van der Waals surface area (Å²) >= 11 is 0. The van der Waals surface area contributed by atoms with Crippen LogP contribution in [0.5, 0.6) is 11.5 Å². The van der Waals surface area contributed by atoms with E-state index in [9.17, 15) is 0 Å². The number of rotatable bonds is 5. The molecule has 0 saturated heterocycles. The summed E-state index contributed by atoms with van der Waals surface area (Å²) in [6.45, 7) is 4.17. The van der Waals surface area contributed by atoms with Gasteiger partial charge in [0.05, 0.1) is 25.9 Å². The van der Waals surface area contributed by atoms with Gasteiger partial charge in [-0.05, 0) is 37.6 Å². The number of para-hydroxylation sites is 2. The molecule has 0 aliphatic heterocycles. The highest BCUT2D eigenvalue weighted by molar-refractivity contribution is 5.58. The molecule has 3 nitrogen and oxygen atoms in total. The van der Waals surface area contributed by atoms with Crippen LogP contribution < -0.4 is 14.8 Å². The van der Waals surface area contributed by atoms with Gasteiger partial charge in [-0.25, -0.2) is 0 Å². The van der Waals surface area contributed by atoms with Crippen molar-refractivity contribution in [3.8, 4) is 11.5 Å². The van der Waals surface area contributed by atoms with Crippen LogP contribution in [-0.2, 0) is 0 Å². The zero-order valence-corrected chi connectivity index (χ0v) is 12.4. The summed E-state index contributed by atoms with van der Waals surface area (Å²) in [7, 11) is 3.38. The lowest BCUT2D eigenvalue weighted by Crippen LogP contribution is -2.09. The summed E-state index contributed by atoms with van der Waals surface area (Å²) < 4.78 is 10.8. The van der Waals surface area contributed by atoms with Gasteiger partial charge in [0.15, 0.2) is 0 Å². The highest BCUT2D eigenvalue weighted by Gasteiger charge is 2.13. The van der Waals surface area contributed by atoms with Gasteiger partial charge in [0, 0.05) is 5.56 Å². The molecule has 0 fully saturated rings. The molecular weight excluding hydrogens is 250 g/mol. The van der Waals surface area contributed by atoms with E-state index in [1.807, 2.05) is 24.3 Å². The van der Waals surface area contributed by atoms with Gasteiger partial charge in [0.1, 0.15) is 11.5 Å². The maximum Gasteiger partial charge on any atom is 0.141 e. The second-order valence-electron chi connectivity index (χ2n) is 4.81. The molecule has 0 amide bonds. The van der Waals surface area contributed by atoms with Gasteiger partial charge in [0.25, 0.3) is 0 Å². The first-order valence-electron chi connectivity index (χ1n) is 6.69. The Kier molecular flexibility index (Phi) is 4.51. The Hall–Kier alpha value is -2.16. The van der Waals surface area contributed by atoms with E-state index in [4.69, 9.17) is 9.47 Å². The number of nitrogens with one attached hydrogen (secondary N) is 1. The van der Waals surface area contributed by atoms with Crippen molar-refractivity contribution in [3.05, 3.63) is 53.6 Å². The number of hydrogen-bond acceptors (Lipinski definition) is 3. The van der Waals surface area contributed by atoms with Gasteiger partial charge < -0.3 is 14.8 Å². The molecule has 2 rings (SSSR count). The van der Waals surface area contributed by atoms with Crippen LogP contribution in [0.15, 0.2) is 42.5 Å². The van der Waals surface area contributed by atoms with Gasteiger partial charge >= 0.3 is 0 Å². The van der Waals surface area contributed by atoms with Gasteiger partial charge in [0.2, 0.25) is 0 Å². The van der Waals surface area contributed by atoms with Crippen molar-refractivity contribution in [2.75, 3.05) is 19.5 Å². The molecule has 3 heteroatoms. The summed E-state index contributed by atoms with van der Waals surface area (Å²) in [4.78, 5) is 0. The van der Waals surface area contributed by atoms with Gasteiger partial charge in [-0.3, -0.25) is 0 Å². The fraction of sp³-hybridized carbons (Fsp3) is 0.294. The van der Waals surface area contributed by atoms with E-state index in [1.165, 1.54) is 5.56 Å². The summed E-state index contributed by atoms with van der Waals surface area (Å²) in [6.07, 6.45) is 0. The normalized spacial score (nSPS) is 11.8.